The van der Waals surface area contributed by atoms with Crippen LogP contribution in [0.15, 0.2) is 33.7 Å². The number of thioether (sulfide) groups is 1. The second-order valence-corrected chi connectivity index (χ2v) is 5.50. The van der Waals surface area contributed by atoms with Crippen molar-refractivity contribution in [3.8, 4) is 0 Å². The highest BCUT2D eigenvalue weighted by molar-refractivity contribution is 9.10. The van der Waals surface area contributed by atoms with E-state index in [1.54, 1.807) is 0 Å². The molecule has 2 rings (SSSR count). The summed E-state index contributed by atoms with van der Waals surface area (Å²) in [6.07, 6.45) is 0.829. The highest BCUT2D eigenvalue weighted by Gasteiger charge is 2.28. The molecule has 1 unspecified atom stereocenters. The summed E-state index contributed by atoms with van der Waals surface area (Å²) >= 11 is 4.86. The minimum absolute atomic E-state index is 0.00852. The molecule has 1 aromatic carbocycles. The zero-order chi connectivity index (χ0) is 11.5. The van der Waals surface area contributed by atoms with Crippen LogP contribution in [0.5, 0.6) is 0 Å². The van der Waals surface area contributed by atoms with Crippen LogP contribution in [0.25, 0.3) is 0 Å². The van der Waals surface area contributed by atoms with Crippen molar-refractivity contribution in [2.24, 2.45) is 4.99 Å². The number of hydrogen-bond donors (Lipinski definition) is 1. The van der Waals surface area contributed by atoms with Crippen molar-refractivity contribution in [1.82, 2.24) is 5.32 Å². The quantitative estimate of drug-likeness (QED) is 0.912. The summed E-state index contributed by atoms with van der Waals surface area (Å²) < 4.78 is 1.02. The van der Waals surface area contributed by atoms with E-state index in [2.05, 4.69) is 26.2 Å². The van der Waals surface area contributed by atoms with E-state index < -0.39 is 0 Å². The number of rotatable bonds is 2. The number of halogens is 1. The van der Waals surface area contributed by atoms with Crippen molar-refractivity contribution in [3.05, 3.63) is 28.7 Å². The van der Waals surface area contributed by atoms with E-state index >= 15 is 0 Å². The Balaban J connectivity index is 2.14. The molecule has 0 radical (unpaired) electrons. The number of carbonyl (C=O) groups is 1. The first-order chi connectivity index (χ1) is 7.69. The van der Waals surface area contributed by atoms with Gasteiger partial charge in [-0.1, -0.05) is 34.6 Å². The van der Waals surface area contributed by atoms with Crippen LogP contribution in [0.2, 0.25) is 0 Å². The van der Waals surface area contributed by atoms with Crippen molar-refractivity contribution in [2.75, 3.05) is 0 Å². The van der Waals surface area contributed by atoms with Gasteiger partial charge in [0.2, 0.25) is 5.91 Å². The van der Waals surface area contributed by atoms with Gasteiger partial charge in [-0.25, -0.2) is 4.99 Å². The molecule has 1 aliphatic heterocycles. The van der Waals surface area contributed by atoms with Gasteiger partial charge >= 0.3 is 0 Å². The lowest BCUT2D eigenvalue weighted by molar-refractivity contribution is -0.118. The van der Waals surface area contributed by atoms with Crippen LogP contribution < -0.4 is 5.32 Å². The molecule has 84 valence electrons. The zero-order valence-electron chi connectivity index (χ0n) is 8.74. The van der Waals surface area contributed by atoms with Gasteiger partial charge in [0.15, 0.2) is 5.17 Å². The molecule has 0 bridgehead atoms. The molecular formula is C11H11BrN2OS. The van der Waals surface area contributed by atoms with E-state index in [-0.39, 0.29) is 11.2 Å². The zero-order valence-corrected chi connectivity index (χ0v) is 11.1. The predicted molar refractivity (Wildman–Crippen MR) is 71.0 cm³/mol. The Bertz CT molecular complexity index is 430. The Labute approximate surface area is 107 Å². The second kappa shape index (κ2) is 5.01. The predicted octanol–water partition coefficient (Wildman–Crippen LogP) is 3.08. The third-order valence-electron chi connectivity index (χ3n) is 2.20. The summed E-state index contributed by atoms with van der Waals surface area (Å²) in [5.74, 6) is 0.0587. The smallest absolute Gasteiger partial charge is 0.239 e. The van der Waals surface area contributed by atoms with Crippen LogP contribution in [-0.4, -0.2) is 16.3 Å². The van der Waals surface area contributed by atoms with E-state index in [1.807, 2.05) is 31.2 Å². The molecule has 0 aromatic heterocycles. The average molecular weight is 299 g/mol. The molecule has 1 amide bonds. The largest absolute Gasteiger partial charge is 0.304 e. The third kappa shape index (κ3) is 2.65. The molecule has 1 saturated heterocycles. The number of benzene rings is 1. The number of nitrogens with zero attached hydrogens (tertiary/aromatic N) is 1. The van der Waals surface area contributed by atoms with Gasteiger partial charge in [-0.15, -0.1) is 0 Å². The van der Waals surface area contributed by atoms with E-state index in [9.17, 15) is 4.79 Å². The monoisotopic (exact) mass is 298 g/mol. The Morgan fingerprint density at radius 3 is 2.69 bits per heavy atom. The molecule has 0 spiro atoms. The topological polar surface area (TPSA) is 41.5 Å². The van der Waals surface area contributed by atoms with Crippen molar-refractivity contribution >= 4 is 44.5 Å². The lowest BCUT2D eigenvalue weighted by Crippen LogP contribution is -2.24. The van der Waals surface area contributed by atoms with Gasteiger partial charge in [0.05, 0.1) is 10.9 Å². The maximum Gasteiger partial charge on any atom is 0.239 e. The van der Waals surface area contributed by atoms with Crippen LogP contribution in [0.1, 0.15) is 13.3 Å². The fraction of sp³-hybridized carbons (Fsp3) is 0.273. The van der Waals surface area contributed by atoms with Gasteiger partial charge in [-0.2, -0.15) is 0 Å². The lowest BCUT2D eigenvalue weighted by atomic mass is 10.3. The number of amidine groups is 1. The van der Waals surface area contributed by atoms with Crippen molar-refractivity contribution in [1.29, 1.82) is 0 Å². The van der Waals surface area contributed by atoms with Crippen LogP contribution in [0.4, 0.5) is 5.69 Å². The molecule has 0 saturated carbocycles. The Hall–Kier alpha value is -0.810. The van der Waals surface area contributed by atoms with Gasteiger partial charge < -0.3 is 5.32 Å². The van der Waals surface area contributed by atoms with Gasteiger partial charge in [0.25, 0.3) is 0 Å². The van der Waals surface area contributed by atoms with Crippen molar-refractivity contribution in [2.45, 2.75) is 18.6 Å². The van der Waals surface area contributed by atoms with Crippen molar-refractivity contribution < 1.29 is 4.79 Å². The number of aliphatic imine (C=N–C) groups is 1. The molecule has 16 heavy (non-hydrogen) atoms. The Morgan fingerprint density at radius 1 is 1.44 bits per heavy atom. The van der Waals surface area contributed by atoms with E-state index in [0.717, 1.165) is 16.6 Å². The molecule has 1 fully saturated rings. The van der Waals surface area contributed by atoms with E-state index in [1.165, 1.54) is 11.8 Å². The van der Waals surface area contributed by atoms with E-state index in [0.29, 0.717) is 5.17 Å². The molecular weight excluding hydrogens is 288 g/mol. The normalized spacial score (nSPS) is 22.5. The van der Waals surface area contributed by atoms with Gasteiger partial charge in [-0.3, -0.25) is 4.79 Å². The molecule has 5 heteroatoms. The maximum atomic E-state index is 11.4. The molecule has 1 atom stereocenters. The second-order valence-electron chi connectivity index (χ2n) is 3.40. The van der Waals surface area contributed by atoms with Crippen LogP contribution >= 0.6 is 27.7 Å². The molecule has 1 aromatic rings. The fourth-order valence-corrected chi connectivity index (χ4v) is 2.54. The van der Waals surface area contributed by atoms with Crippen LogP contribution in [0, 0.1) is 0 Å². The highest BCUT2D eigenvalue weighted by Crippen LogP contribution is 2.25. The van der Waals surface area contributed by atoms with Crippen LogP contribution in [-0.2, 0) is 4.79 Å². The van der Waals surface area contributed by atoms with Gasteiger partial charge in [0.1, 0.15) is 0 Å². The number of hydrogen-bond acceptors (Lipinski definition) is 3. The number of amides is 1. The van der Waals surface area contributed by atoms with Gasteiger partial charge in [-0.05, 0) is 30.7 Å². The maximum absolute atomic E-state index is 11.4. The summed E-state index contributed by atoms with van der Waals surface area (Å²) in [6.45, 7) is 2.00. The summed E-state index contributed by atoms with van der Waals surface area (Å²) in [5.41, 5.74) is 0.850. The molecule has 1 N–H and O–H groups in total. The molecule has 1 heterocycles. The minimum atomic E-state index is 0.00852. The lowest BCUT2D eigenvalue weighted by Gasteiger charge is -1.97. The van der Waals surface area contributed by atoms with Gasteiger partial charge in [0, 0.05) is 4.47 Å². The first-order valence-electron chi connectivity index (χ1n) is 5.01. The average Bonchev–Trinajstić information content (AvgIpc) is 2.62. The fourth-order valence-electron chi connectivity index (χ4n) is 1.36. The molecule has 3 nitrogen and oxygen atoms in total. The van der Waals surface area contributed by atoms with Crippen molar-refractivity contribution in [3.63, 3.8) is 0 Å². The molecule has 1 aliphatic rings. The number of nitrogens with one attached hydrogen (secondary N) is 1. The summed E-state index contributed by atoms with van der Waals surface area (Å²) in [6, 6.07) is 7.67. The Morgan fingerprint density at radius 2 is 2.12 bits per heavy atom. The first-order valence-corrected chi connectivity index (χ1v) is 6.68. The molecule has 0 aliphatic carbocycles. The highest BCUT2D eigenvalue weighted by atomic mass is 79.9. The minimum Gasteiger partial charge on any atom is -0.304 e. The SMILES string of the molecule is CCC1SC(=Nc2ccc(Br)cc2)NC1=O. The summed E-state index contributed by atoms with van der Waals surface area (Å²) in [5, 5.41) is 3.48. The standard InChI is InChI=1S/C11H11BrN2OS/c1-2-9-10(15)14-11(16-9)13-8-5-3-7(12)4-6-8/h3-6,9H,2H2,1H3,(H,13,14,15). The third-order valence-corrected chi connectivity index (χ3v) is 3.98. The first kappa shape index (κ1) is 11.7. The summed E-state index contributed by atoms with van der Waals surface area (Å²) in [4.78, 5) is 15.8. The Kier molecular flexibility index (Phi) is 3.66. The van der Waals surface area contributed by atoms with E-state index in [4.69, 9.17) is 0 Å². The summed E-state index contributed by atoms with van der Waals surface area (Å²) in [7, 11) is 0. The van der Waals surface area contributed by atoms with Crippen LogP contribution in [0.3, 0.4) is 0 Å². The number of carbonyl (C=O) groups excluding carboxylic acids is 1.